The molecule has 1 atom stereocenters. The van der Waals surface area contributed by atoms with Crippen LogP contribution in [0, 0.1) is 0 Å². The van der Waals surface area contributed by atoms with Gasteiger partial charge in [0.15, 0.2) is 5.65 Å². The SMILES string of the molecule is CCCC(CC)n1cc2cc(C(=O)OC)c(OC(C)C)nc2n1. The summed E-state index contributed by atoms with van der Waals surface area (Å²) in [5, 5.41) is 5.39. The van der Waals surface area contributed by atoms with Crippen LogP contribution in [0.2, 0.25) is 0 Å². The van der Waals surface area contributed by atoms with Crippen molar-refractivity contribution in [1.82, 2.24) is 14.8 Å². The Morgan fingerprint density at radius 1 is 1.35 bits per heavy atom. The average molecular weight is 319 g/mol. The first-order chi connectivity index (χ1) is 11.0. The number of aromatic nitrogens is 3. The highest BCUT2D eigenvalue weighted by molar-refractivity contribution is 5.95. The highest BCUT2D eigenvalue weighted by Crippen LogP contribution is 2.26. The molecule has 0 aliphatic carbocycles. The number of carbonyl (C=O) groups excluding carboxylic acids is 1. The van der Waals surface area contributed by atoms with Gasteiger partial charge in [-0.05, 0) is 32.8 Å². The van der Waals surface area contributed by atoms with E-state index in [4.69, 9.17) is 9.47 Å². The molecule has 0 aliphatic heterocycles. The van der Waals surface area contributed by atoms with E-state index in [0.717, 1.165) is 24.6 Å². The monoisotopic (exact) mass is 319 g/mol. The van der Waals surface area contributed by atoms with Gasteiger partial charge in [0.2, 0.25) is 5.88 Å². The van der Waals surface area contributed by atoms with Crippen molar-refractivity contribution in [2.75, 3.05) is 7.11 Å². The third-order valence-corrected chi connectivity index (χ3v) is 3.70. The lowest BCUT2D eigenvalue weighted by molar-refractivity contribution is 0.0593. The average Bonchev–Trinajstić information content (AvgIpc) is 2.93. The molecule has 0 fully saturated rings. The standard InChI is InChI=1S/C17H25N3O3/c1-6-8-13(7-2)20-10-12-9-14(17(21)22-5)16(23-11(3)4)18-15(12)19-20/h9-11,13H,6-8H2,1-5H3. The zero-order valence-electron chi connectivity index (χ0n) is 14.5. The largest absolute Gasteiger partial charge is 0.474 e. The first-order valence-electron chi connectivity index (χ1n) is 8.14. The van der Waals surface area contributed by atoms with Gasteiger partial charge in [-0.15, -0.1) is 0 Å². The summed E-state index contributed by atoms with van der Waals surface area (Å²) < 4.78 is 12.4. The molecule has 126 valence electrons. The molecule has 6 nitrogen and oxygen atoms in total. The topological polar surface area (TPSA) is 66.2 Å². The number of esters is 1. The number of methoxy groups -OCH3 is 1. The first kappa shape index (κ1) is 17.2. The van der Waals surface area contributed by atoms with E-state index in [0.29, 0.717) is 17.3 Å². The maximum atomic E-state index is 12.0. The fourth-order valence-electron chi connectivity index (χ4n) is 2.57. The van der Waals surface area contributed by atoms with E-state index in [-0.39, 0.29) is 12.0 Å². The van der Waals surface area contributed by atoms with Crippen LogP contribution < -0.4 is 4.74 Å². The second kappa shape index (κ2) is 7.44. The molecule has 2 rings (SSSR count). The molecule has 1 unspecified atom stereocenters. The summed E-state index contributed by atoms with van der Waals surface area (Å²) in [4.78, 5) is 16.4. The lowest BCUT2D eigenvalue weighted by atomic mass is 10.1. The maximum absolute atomic E-state index is 12.0. The van der Waals surface area contributed by atoms with Gasteiger partial charge in [-0.2, -0.15) is 10.1 Å². The van der Waals surface area contributed by atoms with Crippen LogP contribution in [0.5, 0.6) is 5.88 Å². The van der Waals surface area contributed by atoms with Gasteiger partial charge in [0, 0.05) is 11.6 Å². The van der Waals surface area contributed by atoms with Gasteiger partial charge < -0.3 is 9.47 Å². The van der Waals surface area contributed by atoms with Crippen LogP contribution in [0.15, 0.2) is 12.3 Å². The number of nitrogens with zero attached hydrogens (tertiary/aromatic N) is 3. The second-order valence-corrected chi connectivity index (χ2v) is 5.87. The van der Waals surface area contributed by atoms with Gasteiger partial charge in [-0.1, -0.05) is 20.3 Å². The molecule has 0 radical (unpaired) electrons. The highest BCUT2D eigenvalue weighted by atomic mass is 16.5. The van der Waals surface area contributed by atoms with Crippen LogP contribution in [0.1, 0.15) is 63.4 Å². The molecular formula is C17H25N3O3. The van der Waals surface area contributed by atoms with Crippen molar-refractivity contribution < 1.29 is 14.3 Å². The highest BCUT2D eigenvalue weighted by Gasteiger charge is 2.20. The Morgan fingerprint density at radius 3 is 2.65 bits per heavy atom. The first-order valence-corrected chi connectivity index (χ1v) is 8.14. The molecular weight excluding hydrogens is 294 g/mol. The van der Waals surface area contributed by atoms with Crippen LogP contribution >= 0.6 is 0 Å². The molecule has 2 aromatic rings. The minimum atomic E-state index is -0.455. The summed E-state index contributed by atoms with van der Waals surface area (Å²) in [5.41, 5.74) is 0.916. The van der Waals surface area contributed by atoms with Gasteiger partial charge in [0.25, 0.3) is 0 Å². The molecule has 23 heavy (non-hydrogen) atoms. The molecule has 0 saturated heterocycles. The second-order valence-electron chi connectivity index (χ2n) is 5.87. The van der Waals surface area contributed by atoms with E-state index >= 15 is 0 Å². The lowest BCUT2D eigenvalue weighted by Gasteiger charge is -2.13. The van der Waals surface area contributed by atoms with Crippen LogP contribution in [0.4, 0.5) is 0 Å². The van der Waals surface area contributed by atoms with E-state index < -0.39 is 5.97 Å². The number of pyridine rings is 1. The zero-order valence-corrected chi connectivity index (χ0v) is 14.5. The number of fused-ring (bicyclic) bond motifs is 1. The fraction of sp³-hybridized carbons (Fsp3) is 0.588. The van der Waals surface area contributed by atoms with Gasteiger partial charge in [0.05, 0.1) is 19.3 Å². The number of rotatable bonds is 7. The molecule has 0 bridgehead atoms. The van der Waals surface area contributed by atoms with Gasteiger partial charge >= 0.3 is 5.97 Å². The van der Waals surface area contributed by atoms with Crippen molar-refractivity contribution in [3.8, 4) is 5.88 Å². The van der Waals surface area contributed by atoms with Gasteiger partial charge in [0.1, 0.15) is 5.56 Å². The maximum Gasteiger partial charge on any atom is 0.343 e. The Hall–Kier alpha value is -2.11. The van der Waals surface area contributed by atoms with Gasteiger partial charge in [-0.3, -0.25) is 4.68 Å². The summed E-state index contributed by atoms with van der Waals surface area (Å²) >= 11 is 0. The van der Waals surface area contributed by atoms with Crippen LogP contribution in [0.25, 0.3) is 11.0 Å². The summed E-state index contributed by atoms with van der Waals surface area (Å²) in [5.74, 6) is -0.184. The molecule has 0 aliphatic rings. The number of carbonyl (C=O) groups is 1. The summed E-state index contributed by atoms with van der Waals surface area (Å²) in [6.07, 6.45) is 5.01. The molecule has 6 heteroatoms. The Bertz CT molecular complexity index is 679. The fourth-order valence-corrected chi connectivity index (χ4v) is 2.57. The Balaban J connectivity index is 2.50. The third kappa shape index (κ3) is 3.81. The number of ether oxygens (including phenoxy) is 2. The van der Waals surface area contributed by atoms with Crippen molar-refractivity contribution >= 4 is 17.0 Å². The van der Waals surface area contributed by atoms with Crippen LogP contribution in [-0.4, -0.2) is 33.9 Å². The van der Waals surface area contributed by atoms with Crippen molar-refractivity contribution in [3.63, 3.8) is 0 Å². The van der Waals surface area contributed by atoms with Crippen molar-refractivity contribution in [1.29, 1.82) is 0 Å². The third-order valence-electron chi connectivity index (χ3n) is 3.70. The predicted molar refractivity (Wildman–Crippen MR) is 88.9 cm³/mol. The van der Waals surface area contributed by atoms with Crippen molar-refractivity contribution in [2.45, 2.75) is 59.1 Å². The quantitative estimate of drug-likeness (QED) is 0.727. The summed E-state index contributed by atoms with van der Waals surface area (Å²) in [7, 11) is 1.35. The molecule has 0 N–H and O–H groups in total. The lowest BCUT2D eigenvalue weighted by Crippen LogP contribution is -2.12. The summed E-state index contributed by atoms with van der Waals surface area (Å²) in [6, 6.07) is 2.08. The Labute approximate surface area is 136 Å². The molecule has 0 spiro atoms. The molecule has 0 saturated carbocycles. The molecule has 2 heterocycles. The molecule has 0 aromatic carbocycles. The Kier molecular flexibility index (Phi) is 5.58. The number of hydrogen-bond donors (Lipinski definition) is 0. The Morgan fingerprint density at radius 2 is 2.09 bits per heavy atom. The zero-order chi connectivity index (χ0) is 17.0. The summed E-state index contributed by atoms with van der Waals surface area (Å²) in [6.45, 7) is 8.08. The minimum absolute atomic E-state index is 0.0890. The minimum Gasteiger partial charge on any atom is -0.474 e. The van der Waals surface area contributed by atoms with E-state index in [1.165, 1.54) is 7.11 Å². The smallest absolute Gasteiger partial charge is 0.343 e. The predicted octanol–water partition coefficient (Wildman–Crippen LogP) is 3.76. The van der Waals surface area contributed by atoms with Gasteiger partial charge in [-0.25, -0.2) is 4.79 Å². The van der Waals surface area contributed by atoms with E-state index in [1.807, 2.05) is 24.7 Å². The van der Waals surface area contributed by atoms with Crippen molar-refractivity contribution in [2.24, 2.45) is 0 Å². The van der Waals surface area contributed by atoms with Crippen LogP contribution in [0.3, 0.4) is 0 Å². The van der Waals surface area contributed by atoms with E-state index in [1.54, 1.807) is 6.07 Å². The van der Waals surface area contributed by atoms with Crippen LogP contribution in [-0.2, 0) is 4.74 Å². The normalized spacial score (nSPS) is 12.6. The number of hydrogen-bond acceptors (Lipinski definition) is 5. The van der Waals surface area contributed by atoms with Crippen molar-refractivity contribution in [3.05, 3.63) is 17.8 Å². The van der Waals surface area contributed by atoms with E-state index in [9.17, 15) is 4.79 Å². The van der Waals surface area contributed by atoms with E-state index in [2.05, 4.69) is 23.9 Å². The molecule has 0 amide bonds. The molecule has 2 aromatic heterocycles.